The fourth-order valence-electron chi connectivity index (χ4n) is 1.78. The van der Waals surface area contributed by atoms with E-state index in [-0.39, 0.29) is 18.2 Å². The molecule has 0 atom stereocenters. The lowest BCUT2D eigenvalue weighted by Crippen LogP contribution is -2.39. The van der Waals surface area contributed by atoms with Crippen molar-refractivity contribution in [2.75, 3.05) is 12.4 Å². The van der Waals surface area contributed by atoms with Crippen LogP contribution in [0.25, 0.3) is 0 Å². The van der Waals surface area contributed by atoms with Crippen molar-refractivity contribution in [2.45, 2.75) is 6.54 Å². The lowest BCUT2D eigenvalue weighted by atomic mass is 10.2. The van der Waals surface area contributed by atoms with E-state index in [4.69, 9.17) is 0 Å². The molecule has 1 aromatic heterocycles. The van der Waals surface area contributed by atoms with Crippen LogP contribution >= 0.6 is 0 Å². The first-order valence-electron chi connectivity index (χ1n) is 6.25. The fourth-order valence-corrected chi connectivity index (χ4v) is 1.78. The molecule has 0 saturated heterocycles. The number of hydrogen-bond acceptors (Lipinski definition) is 4. The van der Waals surface area contributed by atoms with Gasteiger partial charge >= 0.3 is 5.97 Å². The van der Waals surface area contributed by atoms with Crippen molar-refractivity contribution in [1.29, 1.82) is 0 Å². The van der Waals surface area contributed by atoms with Crippen molar-refractivity contribution in [3.8, 4) is 5.75 Å². The van der Waals surface area contributed by atoms with E-state index in [9.17, 15) is 14.7 Å². The van der Waals surface area contributed by atoms with Crippen molar-refractivity contribution >= 4 is 17.6 Å². The number of aromatic nitrogens is 1. The number of rotatable bonds is 4. The number of nitrogens with one attached hydrogen (secondary N) is 1. The third-order valence-electron chi connectivity index (χ3n) is 2.76. The van der Waals surface area contributed by atoms with Gasteiger partial charge in [-0.2, -0.15) is 4.57 Å². The molecule has 1 amide bonds. The number of carbonyl (C=O) groups excluding carboxylic acids is 2. The molecule has 1 aromatic carbocycles. The van der Waals surface area contributed by atoms with Crippen LogP contribution in [0.2, 0.25) is 0 Å². The minimum Gasteiger partial charge on any atom is -0.503 e. The van der Waals surface area contributed by atoms with Crippen LogP contribution in [0.1, 0.15) is 10.4 Å². The fraction of sp³-hybridized carbons (Fsp3) is 0.133. The molecule has 0 radical (unpaired) electrons. The molecule has 0 unspecified atom stereocenters. The SMILES string of the molecule is COC(=O)c1ccc(NC(=O)C[n+]2cccc(O)c2)cc1. The highest BCUT2D eigenvalue weighted by Gasteiger charge is 2.11. The molecule has 1 heterocycles. The summed E-state index contributed by atoms with van der Waals surface area (Å²) in [6, 6.07) is 9.56. The van der Waals surface area contributed by atoms with Gasteiger partial charge in [-0.25, -0.2) is 4.79 Å². The van der Waals surface area contributed by atoms with Crippen LogP contribution < -0.4 is 9.88 Å². The Hall–Kier alpha value is -2.89. The number of hydrogen-bond donors (Lipinski definition) is 2. The van der Waals surface area contributed by atoms with Crippen LogP contribution in [-0.2, 0) is 16.1 Å². The summed E-state index contributed by atoms with van der Waals surface area (Å²) in [6.07, 6.45) is 3.14. The highest BCUT2D eigenvalue weighted by molar-refractivity contribution is 5.92. The van der Waals surface area contributed by atoms with Crippen molar-refractivity contribution in [2.24, 2.45) is 0 Å². The topological polar surface area (TPSA) is 79.5 Å². The summed E-state index contributed by atoms with van der Waals surface area (Å²) in [5.41, 5.74) is 0.992. The average Bonchev–Trinajstić information content (AvgIpc) is 2.47. The van der Waals surface area contributed by atoms with Gasteiger partial charge in [0.15, 0.2) is 11.9 Å². The Kier molecular flexibility index (Phi) is 4.50. The quantitative estimate of drug-likeness (QED) is 0.652. The van der Waals surface area contributed by atoms with E-state index < -0.39 is 5.97 Å². The molecule has 2 rings (SSSR count). The van der Waals surface area contributed by atoms with Crippen molar-refractivity contribution in [3.05, 3.63) is 54.4 Å². The van der Waals surface area contributed by atoms with E-state index in [2.05, 4.69) is 10.1 Å². The highest BCUT2D eigenvalue weighted by Crippen LogP contribution is 2.10. The van der Waals surface area contributed by atoms with Gasteiger partial charge in [-0.05, 0) is 30.3 Å². The van der Waals surface area contributed by atoms with Crippen LogP contribution in [0.15, 0.2) is 48.8 Å². The largest absolute Gasteiger partial charge is 0.503 e. The number of pyridine rings is 1. The van der Waals surface area contributed by atoms with E-state index in [1.54, 1.807) is 41.1 Å². The van der Waals surface area contributed by atoms with Crippen molar-refractivity contribution in [3.63, 3.8) is 0 Å². The minimum absolute atomic E-state index is 0.0765. The molecule has 0 aliphatic heterocycles. The Balaban J connectivity index is 1.98. The van der Waals surface area contributed by atoms with Gasteiger partial charge in [0, 0.05) is 11.8 Å². The Labute approximate surface area is 121 Å². The standard InChI is InChI=1S/C15H14N2O4/c1-21-15(20)11-4-6-12(7-5-11)16-14(19)10-17-8-2-3-13(18)9-17/h2-9H,10H2,1H3,(H-,16,18,19,20)/p+1. The maximum absolute atomic E-state index is 11.9. The first-order chi connectivity index (χ1) is 10.1. The molecule has 0 saturated carbocycles. The van der Waals surface area contributed by atoms with Gasteiger partial charge in [-0.3, -0.25) is 4.79 Å². The van der Waals surface area contributed by atoms with E-state index in [0.717, 1.165) is 0 Å². The van der Waals surface area contributed by atoms with Gasteiger partial charge in [-0.15, -0.1) is 0 Å². The van der Waals surface area contributed by atoms with Crippen LogP contribution in [0.5, 0.6) is 5.75 Å². The molecule has 21 heavy (non-hydrogen) atoms. The predicted octanol–water partition coefficient (Wildman–Crippen LogP) is 1.10. The maximum Gasteiger partial charge on any atom is 0.337 e. The van der Waals surface area contributed by atoms with E-state index in [1.807, 2.05) is 0 Å². The molecule has 6 heteroatoms. The second-order valence-corrected chi connectivity index (χ2v) is 4.35. The first kappa shape index (κ1) is 14.5. The van der Waals surface area contributed by atoms with Gasteiger partial charge in [0.2, 0.25) is 12.7 Å². The molecule has 2 aromatic rings. The molecular formula is C15H15N2O4+. The number of anilines is 1. The number of nitrogens with zero attached hydrogens (tertiary/aromatic N) is 1. The number of carbonyl (C=O) groups is 2. The summed E-state index contributed by atoms with van der Waals surface area (Å²) < 4.78 is 6.16. The van der Waals surface area contributed by atoms with E-state index in [1.165, 1.54) is 19.4 Å². The summed E-state index contributed by atoms with van der Waals surface area (Å²) >= 11 is 0. The van der Waals surface area contributed by atoms with Crippen LogP contribution in [0.4, 0.5) is 5.69 Å². The van der Waals surface area contributed by atoms with Gasteiger partial charge < -0.3 is 15.2 Å². The monoisotopic (exact) mass is 287 g/mol. The smallest absolute Gasteiger partial charge is 0.337 e. The van der Waals surface area contributed by atoms with Gasteiger partial charge in [0.1, 0.15) is 0 Å². The molecular weight excluding hydrogens is 272 g/mol. The third kappa shape index (κ3) is 4.04. The molecule has 0 spiro atoms. The zero-order valence-corrected chi connectivity index (χ0v) is 11.4. The molecule has 0 bridgehead atoms. The van der Waals surface area contributed by atoms with Crippen LogP contribution in [-0.4, -0.2) is 24.1 Å². The number of amides is 1. The number of ether oxygens (including phenoxy) is 1. The zero-order chi connectivity index (χ0) is 15.2. The predicted molar refractivity (Wildman–Crippen MR) is 74.7 cm³/mol. The van der Waals surface area contributed by atoms with Crippen LogP contribution in [0, 0.1) is 0 Å². The lowest BCUT2D eigenvalue weighted by Gasteiger charge is -2.04. The summed E-state index contributed by atoms with van der Waals surface area (Å²) in [6.45, 7) is 0.0765. The average molecular weight is 287 g/mol. The Morgan fingerprint density at radius 1 is 1.24 bits per heavy atom. The molecule has 0 fully saturated rings. The second-order valence-electron chi connectivity index (χ2n) is 4.35. The summed E-state index contributed by atoms with van der Waals surface area (Å²) in [5.74, 6) is -0.577. The summed E-state index contributed by atoms with van der Waals surface area (Å²) in [4.78, 5) is 23.1. The minimum atomic E-state index is -0.428. The van der Waals surface area contributed by atoms with Crippen molar-refractivity contribution < 1.29 is 24.0 Å². The summed E-state index contributed by atoms with van der Waals surface area (Å²) in [5, 5.41) is 12.0. The summed E-state index contributed by atoms with van der Waals surface area (Å²) in [7, 11) is 1.31. The third-order valence-corrected chi connectivity index (χ3v) is 2.76. The molecule has 0 aliphatic rings. The molecule has 108 valence electrons. The Morgan fingerprint density at radius 3 is 2.57 bits per heavy atom. The molecule has 0 aliphatic carbocycles. The maximum atomic E-state index is 11.9. The highest BCUT2D eigenvalue weighted by atomic mass is 16.5. The van der Waals surface area contributed by atoms with Crippen molar-refractivity contribution in [1.82, 2.24) is 0 Å². The molecule has 6 nitrogen and oxygen atoms in total. The number of methoxy groups -OCH3 is 1. The number of esters is 1. The van der Waals surface area contributed by atoms with Crippen LogP contribution in [0.3, 0.4) is 0 Å². The molecule has 2 N–H and O–H groups in total. The van der Waals surface area contributed by atoms with E-state index >= 15 is 0 Å². The first-order valence-corrected chi connectivity index (χ1v) is 6.25. The lowest BCUT2D eigenvalue weighted by molar-refractivity contribution is -0.684. The number of benzene rings is 1. The normalized spacial score (nSPS) is 9.95. The van der Waals surface area contributed by atoms with Gasteiger partial charge in [-0.1, -0.05) is 0 Å². The second kappa shape index (κ2) is 6.51. The Morgan fingerprint density at radius 2 is 1.95 bits per heavy atom. The zero-order valence-electron chi connectivity index (χ0n) is 11.4. The van der Waals surface area contributed by atoms with E-state index in [0.29, 0.717) is 11.3 Å². The van der Waals surface area contributed by atoms with Gasteiger partial charge in [0.25, 0.3) is 5.91 Å². The van der Waals surface area contributed by atoms with Gasteiger partial charge in [0.05, 0.1) is 12.7 Å². The number of aromatic hydroxyl groups is 1. The Bertz CT molecular complexity index is 653.